The monoisotopic (exact) mass is 421 g/mol. The van der Waals surface area contributed by atoms with Crippen molar-refractivity contribution in [2.45, 2.75) is 46.0 Å². The van der Waals surface area contributed by atoms with E-state index in [1.165, 1.54) is 0 Å². The smallest absolute Gasteiger partial charge is 0.227 e. The van der Waals surface area contributed by atoms with Gasteiger partial charge in [0.2, 0.25) is 11.8 Å². The number of anilines is 2. The van der Waals surface area contributed by atoms with E-state index in [9.17, 15) is 9.59 Å². The molecule has 2 aromatic rings. The molecule has 2 amide bonds. The van der Waals surface area contributed by atoms with E-state index < -0.39 is 0 Å². The molecule has 31 heavy (non-hydrogen) atoms. The highest BCUT2D eigenvalue weighted by molar-refractivity contribution is 5.96. The van der Waals surface area contributed by atoms with E-state index in [1.54, 1.807) is 0 Å². The molecule has 0 spiro atoms. The van der Waals surface area contributed by atoms with E-state index in [0.29, 0.717) is 32.4 Å². The normalized spacial score (nSPS) is 18.7. The third kappa shape index (κ3) is 4.86. The number of carbonyl (C=O) groups is 2. The first-order valence-electron chi connectivity index (χ1n) is 11.2. The Labute approximate surface area is 183 Å². The molecule has 1 aromatic carbocycles. The number of fused-ring (bicyclic) bond motifs is 1. The maximum atomic E-state index is 12.8. The molecular weight excluding hydrogens is 390 g/mol. The van der Waals surface area contributed by atoms with Crippen LogP contribution in [0.3, 0.4) is 0 Å². The summed E-state index contributed by atoms with van der Waals surface area (Å²) in [6.45, 7) is 9.07. The van der Waals surface area contributed by atoms with Crippen molar-refractivity contribution in [3.63, 3.8) is 0 Å². The SMILES string of the molecule is Cc1cc(N2CCN(C(=O)CCC3Cc4ccccc4NC3=O)CC2)nc(C(C)C)n1. The molecule has 1 fully saturated rings. The van der Waals surface area contributed by atoms with Gasteiger partial charge in [0.1, 0.15) is 11.6 Å². The molecule has 1 N–H and O–H groups in total. The summed E-state index contributed by atoms with van der Waals surface area (Å²) in [6.07, 6.45) is 1.70. The number of hydrogen-bond donors (Lipinski definition) is 1. The number of amides is 2. The molecular formula is C24H31N5O2. The third-order valence-electron chi connectivity index (χ3n) is 6.15. The summed E-state index contributed by atoms with van der Waals surface area (Å²) in [6, 6.07) is 9.90. The fourth-order valence-corrected chi connectivity index (χ4v) is 4.28. The molecule has 1 aromatic heterocycles. The number of nitrogens with one attached hydrogen (secondary N) is 1. The topological polar surface area (TPSA) is 78.4 Å². The predicted molar refractivity (Wildman–Crippen MR) is 121 cm³/mol. The van der Waals surface area contributed by atoms with Crippen LogP contribution in [0.5, 0.6) is 0 Å². The lowest BCUT2D eigenvalue weighted by Gasteiger charge is -2.36. The van der Waals surface area contributed by atoms with Gasteiger partial charge < -0.3 is 15.1 Å². The van der Waals surface area contributed by atoms with E-state index in [2.05, 4.69) is 29.0 Å². The van der Waals surface area contributed by atoms with E-state index in [4.69, 9.17) is 4.98 Å². The van der Waals surface area contributed by atoms with Crippen LogP contribution in [-0.2, 0) is 16.0 Å². The first-order chi connectivity index (χ1) is 14.9. The average Bonchev–Trinajstić information content (AvgIpc) is 2.77. The summed E-state index contributed by atoms with van der Waals surface area (Å²) in [5.74, 6) is 2.11. The van der Waals surface area contributed by atoms with Gasteiger partial charge in [0, 0.05) is 61.9 Å². The van der Waals surface area contributed by atoms with E-state index in [0.717, 1.165) is 41.7 Å². The van der Waals surface area contributed by atoms with Gasteiger partial charge in [-0.15, -0.1) is 0 Å². The summed E-state index contributed by atoms with van der Waals surface area (Å²) < 4.78 is 0. The van der Waals surface area contributed by atoms with Gasteiger partial charge in [-0.3, -0.25) is 9.59 Å². The Bertz CT molecular complexity index is 966. The highest BCUT2D eigenvalue weighted by Gasteiger charge is 2.28. The van der Waals surface area contributed by atoms with Crippen LogP contribution >= 0.6 is 0 Å². The summed E-state index contributed by atoms with van der Waals surface area (Å²) in [7, 11) is 0. The number of carbonyl (C=O) groups excluding carboxylic acids is 2. The van der Waals surface area contributed by atoms with Crippen LogP contribution in [0.1, 0.15) is 49.7 Å². The molecule has 0 radical (unpaired) electrons. The lowest BCUT2D eigenvalue weighted by molar-refractivity contribution is -0.132. The van der Waals surface area contributed by atoms with E-state index in [1.807, 2.05) is 42.2 Å². The van der Waals surface area contributed by atoms with Gasteiger partial charge in [-0.25, -0.2) is 9.97 Å². The van der Waals surface area contributed by atoms with Gasteiger partial charge >= 0.3 is 0 Å². The van der Waals surface area contributed by atoms with Gasteiger partial charge in [0.25, 0.3) is 0 Å². The number of hydrogen-bond acceptors (Lipinski definition) is 5. The van der Waals surface area contributed by atoms with Crippen LogP contribution in [0.2, 0.25) is 0 Å². The Balaban J connectivity index is 1.30. The Hall–Kier alpha value is -2.96. The maximum Gasteiger partial charge on any atom is 0.227 e. The third-order valence-corrected chi connectivity index (χ3v) is 6.15. The second-order valence-electron chi connectivity index (χ2n) is 8.83. The first-order valence-corrected chi connectivity index (χ1v) is 11.2. The highest BCUT2D eigenvalue weighted by Crippen LogP contribution is 2.28. The van der Waals surface area contributed by atoms with Crippen molar-refractivity contribution < 1.29 is 9.59 Å². The van der Waals surface area contributed by atoms with Crippen molar-refractivity contribution in [1.29, 1.82) is 0 Å². The number of piperazine rings is 1. The molecule has 0 bridgehead atoms. The van der Waals surface area contributed by atoms with Crippen LogP contribution < -0.4 is 10.2 Å². The van der Waals surface area contributed by atoms with Gasteiger partial charge in [-0.1, -0.05) is 32.0 Å². The Morgan fingerprint density at radius 1 is 1.16 bits per heavy atom. The van der Waals surface area contributed by atoms with E-state index in [-0.39, 0.29) is 23.7 Å². The lowest BCUT2D eigenvalue weighted by atomic mass is 9.89. The number of rotatable bonds is 5. The quantitative estimate of drug-likeness (QED) is 0.802. The van der Waals surface area contributed by atoms with Crippen LogP contribution in [-0.4, -0.2) is 52.9 Å². The van der Waals surface area contributed by atoms with Gasteiger partial charge in [-0.2, -0.15) is 0 Å². The second kappa shape index (κ2) is 9.04. The Kier molecular flexibility index (Phi) is 6.20. The zero-order valence-corrected chi connectivity index (χ0v) is 18.6. The maximum absolute atomic E-state index is 12.8. The Morgan fingerprint density at radius 2 is 1.90 bits per heavy atom. The minimum absolute atomic E-state index is 0.0245. The van der Waals surface area contributed by atoms with Gasteiger partial charge in [0.15, 0.2) is 0 Å². The minimum atomic E-state index is -0.140. The van der Waals surface area contributed by atoms with Crippen LogP contribution in [0.15, 0.2) is 30.3 Å². The second-order valence-corrected chi connectivity index (χ2v) is 8.83. The number of benzene rings is 1. The van der Waals surface area contributed by atoms with Crippen molar-refractivity contribution in [3.05, 3.63) is 47.4 Å². The van der Waals surface area contributed by atoms with Crippen molar-refractivity contribution in [3.8, 4) is 0 Å². The standard InChI is InChI=1S/C24H31N5O2/c1-16(2)23-25-17(3)14-21(27-23)28-10-12-29(13-11-28)22(30)9-8-19-15-18-6-4-5-7-20(18)26-24(19)31/h4-7,14,16,19H,8-13,15H2,1-3H3,(H,26,31). The summed E-state index contributed by atoms with van der Waals surface area (Å²) in [5, 5.41) is 2.97. The lowest BCUT2D eigenvalue weighted by Crippen LogP contribution is -2.49. The fraction of sp³-hybridized carbons (Fsp3) is 0.500. The molecule has 7 heteroatoms. The van der Waals surface area contributed by atoms with Gasteiger partial charge in [0.05, 0.1) is 0 Å². The molecule has 4 rings (SSSR count). The largest absolute Gasteiger partial charge is 0.353 e. The molecule has 1 saturated heterocycles. The number of aromatic nitrogens is 2. The van der Waals surface area contributed by atoms with E-state index >= 15 is 0 Å². The molecule has 7 nitrogen and oxygen atoms in total. The summed E-state index contributed by atoms with van der Waals surface area (Å²) in [4.78, 5) is 38.6. The number of nitrogens with zero attached hydrogens (tertiary/aromatic N) is 4. The zero-order valence-electron chi connectivity index (χ0n) is 18.6. The van der Waals surface area contributed by atoms with Crippen LogP contribution in [0.4, 0.5) is 11.5 Å². The minimum Gasteiger partial charge on any atom is -0.353 e. The molecule has 164 valence electrons. The van der Waals surface area contributed by atoms with Crippen molar-refractivity contribution in [2.75, 3.05) is 36.4 Å². The highest BCUT2D eigenvalue weighted by atomic mass is 16.2. The van der Waals surface area contributed by atoms with Crippen molar-refractivity contribution >= 4 is 23.3 Å². The van der Waals surface area contributed by atoms with Crippen LogP contribution in [0, 0.1) is 12.8 Å². The molecule has 3 heterocycles. The average molecular weight is 422 g/mol. The zero-order chi connectivity index (χ0) is 22.0. The van der Waals surface area contributed by atoms with Crippen LogP contribution in [0.25, 0.3) is 0 Å². The molecule has 1 atom stereocenters. The van der Waals surface area contributed by atoms with Crippen molar-refractivity contribution in [1.82, 2.24) is 14.9 Å². The van der Waals surface area contributed by atoms with Gasteiger partial charge in [-0.05, 0) is 31.4 Å². The molecule has 0 saturated carbocycles. The fourth-order valence-electron chi connectivity index (χ4n) is 4.28. The number of aryl methyl sites for hydroxylation is 1. The summed E-state index contributed by atoms with van der Waals surface area (Å²) in [5.41, 5.74) is 3.01. The molecule has 2 aliphatic rings. The molecule has 2 aliphatic heterocycles. The Morgan fingerprint density at radius 3 is 2.65 bits per heavy atom. The summed E-state index contributed by atoms with van der Waals surface area (Å²) >= 11 is 0. The molecule has 1 unspecified atom stereocenters. The first kappa shape index (κ1) is 21.3. The predicted octanol–water partition coefficient (Wildman–Crippen LogP) is 3.15. The number of para-hydroxylation sites is 1. The van der Waals surface area contributed by atoms with Crippen molar-refractivity contribution in [2.24, 2.45) is 5.92 Å². The molecule has 0 aliphatic carbocycles.